The van der Waals surface area contributed by atoms with E-state index in [0.29, 0.717) is 19.0 Å². The highest BCUT2D eigenvalue weighted by Crippen LogP contribution is 2.00. The van der Waals surface area contributed by atoms with Gasteiger partial charge in [-0.05, 0) is 6.42 Å². The first kappa shape index (κ1) is 8.58. The number of carboxylic acids is 1. The fourth-order valence-corrected chi connectivity index (χ4v) is 0.746. The van der Waals surface area contributed by atoms with E-state index in [9.17, 15) is 4.79 Å². The minimum atomic E-state index is -0.788. The summed E-state index contributed by atoms with van der Waals surface area (Å²) in [4.78, 5) is 13.9. The molecular weight excluding hydrogens is 160 g/mol. The van der Waals surface area contributed by atoms with Gasteiger partial charge in [-0.3, -0.25) is 4.79 Å². The molecule has 5 heteroatoms. The Labute approximate surface area is 69.4 Å². The second-order valence-corrected chi connectivity index (χ2v) is 2.26. The molecule has 2 N–H and O–H groups in total. The van der Waals surface area contributed by atoms with Crippen LogP contribution >= 0.6 is 0 Å². The number of aromatic nitrogens is 1. The molecule has 0 bridgehead atoms. The van der Waals surface area contributed by atoms with Crippen LogP contribution in [0, 0.1) is 0 Å². The van der Waals surface area contributed by atoms with Crippen molar-refractivity contribution in [1.29, 1.82) is 0 Å². The molecule has 0 radical (unpaired) electrons. The molecule has 0 aromatic carbocycles. The summed E-state index contributed by atoms with van der Waals surface area (Å²) in [5.74, 6) is -0.788. The van der Waals surface area contributed by atoms with Gasteiger partial charge in [0.25, 0.3) is 6.01 Å². The average Bonchev–Trinajstić information content (AvgIpc) is 2.49. The van der Waals surface area contributed by atoms with Crippen LogP contribution in [0.2, 0.25) is 0 Å². The Bertz CT molecular complexity index is 233. The number of carbonyl (C=O) groups is 1. The number of aliphatic carboxylic acids is 1. The SMILES string of the molecule is O=C(O)CCCNc1ncco1. The Hall–Kier alpha value is -1.52. The lowest BCUT2D eigenvalue weighted by atomic mass is 10.3. The van der Waals surface area contributed by atoms with Crippen molar-refractivity contribution in [2.45, 2.75) is 12.8 Å². The van der Waals surface area contributed by atoms with Gasteiger partial charge in [0, 0.05) is 13.0 Å². The molecular formula is C7H10N2O3. The van der Waals surface area contributed by atoms with Crippen molar-refractivity contribution < 1.29 is 14.3 Å². The molecule has 0 unspecified atom stereocenters. The van der Waals surface area contributed by atoms with Gasteiger partial charge in [0.1, 0.15) is 6.26 Å². The van der Waals surface area contributed by atoms with E-state index in [2.05, 4.69) is 10.3 Å². The monoisotopic (exact) mass is 170 g/mol. The highest BCUT2D eigenvalue weighted by Gasteiger charge is 1.97. The van der Waals surface area contributed by atoms with Crippen molar-refractivity contribution >= 4 is 12.0 Å². The molecule has 0 spiro atoms. The zero-order valence-corrected chi connectivity index (χ0v) is 6.49. The third-order valence-electron chi connectivity index (χ3n) is 1.28. The maximum absolute atomic E-state index is 10.1. The molecule has 0 amide bonds. The zero-order valence-electron chi connectivity index (χ0n) is 6.49. The van der Waals surface area contributed by atoms with Crippen LogP contribution in [-0.2, 0) is 4.79 Å². The highest BCUT2D eigenvalue weighted by molar-refractivity contribution is 5.66. The third kappa shape index (κ3) is 3.05. The molecule has 1 aromatic rings. The summed E-state index contributed by atoms with van der Waals surface area (Å²) in [6.45, 7) is 0.562. The fourth-order valence-electron chi connectivity index (χ4n) is 0.746. The van der Waals surface area contributed by atoms with E-state index in [-0.39, 0.29) is 6.42 Å². The predicted molar refractivity (Wildman–Crippen MR) is 41.9 cm³/mol. The molecule has 1 aromatic heterocycles. The largest absolute Gasteiger partial charge is 0.481 e. The summed E-state index contributed by atoms with van der Waals surface area (Å²) in [6.07, 6.45) is 3.71. The number of hydrogen-bond donors (Lipinski definition) is 2. The predicted octanol–water partition coefficient (Wildman–Crippen LogP) is 0.951. The van der Waals surface area contributed by atoms with Gasteiger partial charge in [-0.15, -0.1) is 0 Å². The summed E-state index contributed by atoms with van der Waals surface area (Å²) < 4.78 is 4.87. The van der Waals surface area contributed by atoms with Crippen molar-refractivity contribution in [3.8, 4) is 0 Å². The number of carboxylic acid groups (broad SMARTS) is 1. The van der Waals surface area contributed by atoms with Crippen molar-refractivity contribution in [2.24, 2.45) is 0 Å². The van der Waals surface area contributed by atoms with E-state index in [1.54, 1.807) is 0 Å². The van der Waals surface area contributed by atoms with Crippen LogP contribution < -0.4 is 5.32 Å². The van der Waals surface area contributed by atoms with Crippen LogP contribution in [0.3, 0.4) is 0 Å². The van der Waals surface area contributed by atoms with Gasteiger partial charge in [-0.2, -0.15) is 0 Å². The van der Waals surface area contributed by atoms with Crippen LogP contribution in [0.25, 0.3) is 0 Å². The van der Waals surface area contributed by atoms with Gasteiger partial charge in [0.15, 0.2) is 0 Å². The molecule has 0 aliphatic carbocycles. The van der Waals surface area contributed by atoms with Gasteiger partial charge >= 0.3 is 5.97 Å². The summed E-state index contributed by atoms with van der Waals surface area (Å²) in [7, 11) is 0. The zero-order chi connectivity index (χ0) is 8.81. The molecule has 0 aliphatic rings. The van der Waals surface area contributed by atoms with Crippen LogP contribution in [-0.4, -0.2) is 22.6 Å². The van der Waals surface area contributed by atoms with Crippen molar-refractivity contribution in [2.75, 3.05) is 11.9 Å². The topological polar surface area (TPSA) is 75.4 Å². The second-order valence-electron chi connectivity index (χ2n) is 2.26. The molecule has 1 heterocycles. The summed E-state index contributed by atoms with van der Waals surface area (Å²) in [5, 5.41) is 11.1. The maximum Gasteiger partial charge on any atom is 0.303 e. The molecule has 66 valence electrons. The van der Waals surface area contributed by atoms with Gasteiger partial charge < -0.3 is 14.8 Å². The average molecular weight is 170 g/mol. The fraction of sp³-hybridized carbons (Fsp3) is 0.429. The van der Waals surface area contributed by atoms with Gasteiger partial charge in [0.05, 0.1) is 6.20 Å². The third-order valence-corrected chi connectivity index (χ3v) is 1.28. The minimum absolute atomic E-state index is 0.160. The molecule has 12 heavy (non-hydrogen) atoms. The Kier molecular flexibility index (Phi) is 3.13. The number of nitrogens with zero attached hydrogens (tertiary/aromatic N) is 1. The normalized spacial score (nSPS) is 9.67. The van der Waals surface area contributed by atoms with Crippen molar-refractivity contribution in [1.82, 2.24) is 4.98 Å². The Morgan fingerprint density at radius 3 is 3.17 bits per heavy atom. The number of hydrogen-bond acceptors (Lipinski definition) is 4. The first-order chi connectivity index (χ1) is 5.79. The summed E-state index contributed by atoms with van der Waals surface area (Å²) in [5.41, 5.74) is 0. The maximum atomic E-state index is 10.1. The lowest BCUT2D eigenvalue weighted by Gasteiger charge is -1.97. The number of nitrogens with one attached hydrogen (secondary N) is 1. The second kappa shape index (κ2) is 4.38. The van der Waals surface area contributed by atoms with Crippen LogP contribution in [0.1, 0.15) is 12.8 Å². The van der Waals surface area contributed by atoms with E-state index < -0.39 is 5.97 Å². The lowest BCUT2D eigenvalue weighted by molar-refractivity contribution is -0.137. The number of oxazole rings is 1. The van der Waals surface area contributed by atoms with E-state index in [1.165, 1.54) is 12.5 Å². The summed E-state index contributed by atoms with van der Waals surface area (Å²) >= 11 is 0. The highest BCUT2D eigenvalue weighted by atomic mass is 16.4. The molecule has 0 saturated heterocycles. The quantitative estimate of drug-likeness (QED) is 0.643. The lowest BCUT2D eigenvalue weighted by Crippen LogP contribution is -2.04. The smallest absolute Gasteiger partial charge is 0.303 e. The standard InChI is InChI=1S/C7H10N2O3/c10-6(11)2-1-3-8-7-9-4-5-12-7/h4-5H,1-3H2,(H,8,9)(H,10,11). The van der Waals surface area contributed by atoms with Crippen molar-refractivity contribution in [3.05, 3.63) is 12.5 Å². The summed E-state index contributed by atoms with van der Waals surface area (Å²) in [6, 6.07) is 0.431. The molecule has 0 atom stereocenters. The first-order valence-corrected chi connectivity index (χ1v) is 3.64. The molecule has 0 saturated carbocycles. The molecule has 1 rings (SSSR count). The van der Waals surface area contributed by atoms with E-state index in [0.717, 1.165) is 0 Å². The minimum Gasteiger partial charge on any atom is -0.481 e. The number of rotatable bonds is 5. The van der Waals surface area contributed by atoms with Crippen molar-refractivity contribution in [3.63, 3.8) is 0 Å². The van der Waals surface area contributed by atoms with E-state index in [1.807, 2.05) is 0 Å². The Morgan fingerprint density at radius 2 is 2.58 bits per heavy atom. The van der Waals surface area contributed by atoms with E-state index >= 15 is 0 Å². The van der Waals surface area contributed by atoms with Crippen LogP contribution in [0.15, 0.2) is 16.9 Å². The number of anilines is 1. The molecule has 0 aliphatic heterocycles. The first-order valence-electron chi connectivity index (χ1n) is 3.64. The molecule has 0 fully saturated rings. The van der Waals surface area contributed by atoms with Crippen LogP contribution in [0.4, 0.5) is 6.01 Å². The van der Waals surface area contributed by atoms with Crippen LogP contribution in [0.5, 0.6) is 0 Å². The Morgan fingerprint density at radius 1 is 1.75 bits per heavy atom. The Balaban J connectivity index is 2.07. The van der Waals surface area contributed by atoms with Gasteiger partial charge in [-0.25, -0.2) is 4.98 Å². The van der Waals surface area contributed by atoms with Gasteiger partial charge in [-0.1, -0.05) is 0 Å². The molecule has 5 nitrogen and oxygen atoms in total. The van der Waals surface area contributed by atoms with Gasteiger partial charge in [0.2, 0.25) is 0 Å². The van der Waals surface area contributed by atoms with E-state index in [4.69, 9.17) is 9.52 Å².